The fourth-order valence-corrected chi connectivity index (χ4v) is 4.76. The van der Waals surface area contributed by atoms with Crippen molar-refractivity contribution in [3.8, 4) is 45.2 Å². The van der Waals surface area contributed by atoms with E-state index in [0.717, 1.165) is 24.3 Å². The number of ether oxygens (including phenoxy) is 1. The minimum Gasteiger partial charge on any atom is -0.429 e. The van der Waals surface area contributed by atoms with Crippen LogP contribution in [0.1, 0.15) is 23.1 Å². The zero-order valence-electron chi connectivity index (χ0n) is 23.1. The van der Waals surface area contributed by atoms with Crippen LogP contribution in [-0.4, -0.2) is 0 Å². The predicted octanol–water partition coefficient (Wildman–Crippen LogP) is 10.4. The number of benzene rings is 5. The first kappa shape index (κ1) is 30.2. The molecule has 0 aromatic heterocycles. The summed E-state index contributed by atoms with van der Waals surface area (Å²) in [7, 11) is 0. The summed E-state index contributed by atoms with van der Waals surface area (Å²) in [6.07, 6.45) is -1.22. The Kier molecular flexibility index (Phi) is 8.59. The summed E-state index contributed by atoms with van der Waals surface area (Å²) in [4.78, 5) is 0. The highest BCUT2D eigenvalue weighted by Gasteiger charge is 2.37. The van der Waals surface area contributed by atoms with Crippen molar-refractivity contribution in [3.63, 3.8) is 0 Å². The van der Waals surface area contributed by atoms with Gasteiger partial charge in [0, 0.05) is 11.1 Å². The molecule has 5 rings (SSSR count). The van der Waals surface area contributed by atoms with Gasteiger partial charge in [-0.2, -0.15) is 14.0 Å². The zero-order chi connectivity index (χ0) is 31.4. The monoisotopic (exact) mass is 599 g/mol. The second kappa shape index (κ2) is 12.5. The predicted molar refractivity (Wildman–Crippen MR) is 157 cm³/mol. The fraction of sp³-hybridized carbons (Fsp3) is 0.0833. The lowest BCUT2D eigenvalue weighted by Crippen LogP contribution is -2.23. The molecule has 0 aliphatic rings. The fourth-order valence-electron chi connectivity index (χ4n) is 4.76. The van der Waals surface area contributed by atoms with Crippen LogP contribution in [-0.2, 0) is 12.5 Å². The van der Waals surface area contributed by atoms with Gasteiger partial charge in [0.05, 0.1) is 11.1 Å². The molecule has 0 atom stereocenters. The Labute approximate surface area is 250 Å². The molecule has 0 spiro atoms. The lowest BCUT2D eigenvalue weighted by molar-refractivity contribution is -0.187. The van der Waals surface area contributed by atoms with Crippen LogP contribution in [0.4, 0.5) is 26.3 Å². The van der Waals surface area contributed by atoms with E-state index in [4.69, 9.17) is 10.00 Å². The molecule has 5 aromatic carbocycles. The van der Waals surface area contributed by atoms with Gasteiger partial charge in [0.1, 0.15) is 35.1 Å². The topological polar surface area (TPSA) is 33.0 Å². The molecule has 0 fully saturated rings. The van der Waals surface area contributed by atoms with Gasteiger partial charge in [-0.15, -0.1) is 6.58 Å². The van der Waals surface area contributed by atoms with Crippen LogP contribution in [0.15, 0.2) is 110 Å². The molecule has 0 bridgehead atoms. The third-order valence-electron chi connectivity index (χ3n) is 7.07. The number of hydrogen-bond donors (Lipinski definition) is 0. The number of aryl methyl sites for hydroxylation is 1. The van der Waals surface area contributed by atoms with E-state index in [9.17, 15) is 22.0 Å². The van der Waals surface area contributed by atoms with E-state index in [-0.39, 0.29) is 33.6 Å². The van der Waals surface area contributed by atoms with Crippen molar-refractivity contribution < 1.29 is 31.1 Å². The number of allylic oxidation sites excluding steroid dienone is 1. The normalized spacial score (nSPS) is 11.2. The van der Waals surface area contributed by atoms with Gasteiger partial charge in [0.15, 0.2) is 0 Å². The van der Waals surface area contributed by atoms with Crippen LogP contribution in [0.2, 0.25) is 0 Å². The first-order valence-corrected chi connectivity index (χ1v) is 13.5. The molecule has 0 amide bonds. The summed E-state index contributed by atoms with van der Waals surface area (Å²) < 4.78 is 93.0. The molecule has 0 saturated heterocycles. The maximum absolute atomic E-state index is 15.2. The van der Waals surface area contributed by atoms with Gasteiger partial charge in [-0.3, -0.25) is 0 Å². The molecule has 0 unspecified atom stereocenters. The standard InChI is InChI=1S/C36H23F6NO/c1-2-3-4-22-5-16-31(35(40)17-22)36(41,42)44-28-12-8-23(9-13-28)24-10-14-29(33(38)18-24)26-11-15-30(34(39)20-26)25-6-7-27(21-43)32(37)19-25/h2,5-20H,1,3-4H2. The summed E-state index contributed by atoms with van der Waals surface area (Å²) in [6, 6.07) is 22.7. The number of halogens is 6. The molecule has 0 heterocycles. The molecule has 2 nitrogen and oxygen atoms in total. The van der Waals surface area contributed by atoms with E-state index in [1.807, 2.05) is 0 Å². The Hall–Kier alpha value is -5.29. The van der Waals surface area contributed by atoms with Gasteiger partial charge in [-0.25, -0.2) is 17.6 Å². The highest BCUT2D eigenvalue weighted by Crippen LogP contribution is 2.36. The van der Waals surface area contributed by atoms with E-state index < -0.39 is 34.9 Å². The van der Waals surface area contributed by atoms with E-state index in [1.165, 1.54) is 66.7 Å². The Bertz CT molecular complexity index is 1890. The van der Waals surface area contributed by atoms with Crippen LogP contribution in [0.5, 0.6) is 5.75 Å². The van der Waals surface area contributed by atoms with Gasteiger partial charge in [0.25, 0.3) is 0 Å². The lowest BCUT2D eigenvalue weighted by Gasteiger charge is -2.19. The molecule has 0 aliphatic carbocycles. The molecule has 44 heavy (non-hydrogen) atoms. The Balaban J connectivity index is 1.32. The number of rotatable bonds is 9. The van der Waals surface area contributed by atoms with Gasteiger partial charge < -0.3 is 4.74 Å². The van der Waals surface area contributed by atoms with Crippen molar-refractivity contribution in [3.05, 3.63) is 150 Å². The first-order chi connectivity index (χ1) is 21.1. The van der Waals surface area contributed by atoms with Crippen molar-refractivity contribution in [2.45, 2.75) is 19.0 Å². The summed E-state index contributed by atoms with van der Waals surface area (Å²) in [6.45, 7) is 3.59. The molecule has 0 aliphatic heterocycles. The van der Waals surface area contributed by atoms with Crippen molar-refractivity contribution in [1.29, 1.82) is 5.26 Å². The van der Waals surface area contributed by atoms with Crippen LogP contribution in [0, 0.1) is 34.6 Å². The highest BCUT2D eigenvalue weighted by atomic mass is 19.3. The molecule has 220 valence electrons. The molecular formula is C36H23F6NO. The molecule has 8 heteroatoms. The largest absolute Gasteiger partial charge is 0.429 e. The van der Waals surface area contributed by atoms with E-state index in [1.54, 1.807) is 18.2 Å². The molecule has 0 radical (unpaired) electrons. The minimum atomic E-state index is -3.94. The quantitative estimate of drug-likeness (QED) is 0.125. The van der Waals surface area contributed by atoms with Gasteiger partial charge in [0.2, 0.25) is 0 Å². The van der Waals surface area contributed by atoms with Crippen LogP contribution in [0.3, 0.4) is 0 Å². The lowest BCUT2D eigenvalue weighted by atomic mass is 9.96. The Morgan fingerprint density at radius 2 is 1.23 bits per heavy atom. The smallest absolute Gasteiger partial charge is 0.429 e. The second-order valence-electron chi connectivity index (χ2n) is 9.98. The summed E-state index contributed by atoms with van der Waals surface area (Å²) in [5.74, 6) is -3.43. The SMILES string of the molecule is C=CCCc1ccc(C(F)(F)Oc2ccc(-c3ccc(-c4ccc(-c5ccc(C#N)c(F)c5)c(F)c4)c(F)c3)cc2)c(F)c1. The zero-order valence-corrected chi connectivity index (χ0v) is 23.1. The van der Waals surface area contributed by atoms with Crippen molar-refractivity contribution in [2.75, 3.05) is 0 Å². The third-order valence-corrected chi connectivity index (χ3v) is 7.07. The van der Waals surface area contributed by atoms with E-state index in [2.05, 4.69) is 6.58 Å². The van der Waals surface area contributed by atoms with Crippen molar-refractivity contribution in [1.82, 2.24) is 0 Å². The number of hydrogen-bond acceptors (Lipinski definition) is 2. The summed E-state index contributed by atoms with van der Waals surface area (Å²) >= 11 is 0. The van der Waals surface area contributed by atoms with Crippen LogP contribution >= 0.6 is 0 Å². The highest BCUT2D eigenvalue weighted by molar-refractivity contribution is 5.74. The van der Waals surface area contributed by atoms with E-state index in [0.29, 0.717) is 29.5 Å². The number of nitriles is 1. The summed E-state index contributed by atoms with van der Waals surface area (Å²) in [5, 5.41) is 8.90. The third kappa shape index (κ3) is 6.37. The molecule has 0 N–H and O–H groups in total. The van der Waals surface area contributed by atoms with Gasteiger partial charge in [-0.1, -0.05) is 54.6 Å². The minimum absolute atomic E-state index is 0.0883. The Morgan fingerprint density at radius 1 is 0.659 bits per heavy atom. The molecule has 0 saturated carbocycles. The van der Waals surface area contributed by atoms with Gasteiger partial charge in [-0.05, 0) is 89.2 Å². The maximum atomic E-state index is 15.2. The van der Waals surface area contributed by atoms with Crippen molar-refractivity contribution >= 4 is 0 Å². The average Bonchev–Trinajstić information content (AvgIpc) is 3.00. The first-order valence-electron chi connectivity index (χ1n) is 13.5. The van der Waals surface area contributed by atoms with Crippen LogP contribution in [0.25, 0.3) is 33.4 Å². The summed E-state index contributed by atoms with van der Waals surface area (Å²) in [5.41, 5.74) is 1.10. The van der Waals surface area contributed by atoms with Gasteiger partial charge >= 0.3 is 6.11 Å². The van der Waals surface area contributed by atoms with E-state index >= 15 is 4.39 Å². The average molecular weight is 600 g/mol. The Morgan fingerprint density at radius 3 is 1.80 bits per heavy atom. The number of nitrogens with zero attached hydrogens (tertiary/aromatic N) is 1. The maximum Gasteiger partial charge on any atom is 0.429 e. The molecular weight excluding hydrogens is 576 g/mol. The van der Waals surface area contributed by atoms with Crippen molar-refractivity contribution in [2.24, 2.45) is 0 Å². The second-order valence-corrected chi connectivity index (χ2v) is 9.98. The molecule has 5 aromatic rings. The number of alkyl halides is 2. The van der Waals surface area contributed by atoms with Crippen LogP contribution < -0.4 is 4.74 Å².